The van der Waals surface area contributed by atoms with E-state index >= 15 is 0 Å². The number of carbonyl (C=O) groups is 2. The first-order valence-electron chi connectivity index (χ1n) is 8.82. The highest BCUT2D eigenvalue weighted by Gasteiger charge is 2.27. The number of aliphatic hydroxyl groups excluding tert-OH is 1. The lowest BCUT2D eigenvalue weighted by Crippen LogP contribution is -2.46. The smallest absolute Gasteiger partial charge is 0.313 e. The Kier molecular flexibility index (Phi) is 6.79. The molecule has 1 fully saturated rings. The van der Waals surface area contributed by atoms with Crippen LogP contribution in [0, 0.1) is 19.8 Å². The lowest BCUT2D eigenvalue weighted by atomic mass is 9.82. The molecule has 1 atom stereocenters. The van der Waals surface area contributed by atoms with Crippen molar-refractivity contribution in [3.63, 3.8) is 0 Å². The molecular weight excluding hydrogens is 304 g/mol. The molecule has 0 bridgehead atoms. The van der Waals surface area contributed by atoms with Crippen molar-refractivity contribution < 1.29 is 14.7 Å². The molecule has 0 aliphatic heterocycles. The van der Waals surface area contributed by atoms with Crippen molar-refractivity contribution >= 4 is 17.5 Å². The zero-order valence-corrected chi connectivity index (χ0v) is 14.6. The van der Waals surface area contributed by atoms with Gasteiger partial charge in [-0.25, -0.2) is 0 Å². The van der Waals surface area contributed by atoms with Crippen LogP contribution in [0.1, 0.15) is 49.7 Å². The summed E-state index contributed by atoms with van der Waals surface area (Å²) in [5, 5.41) is 14.8. The molecule has 2 amide bonds. The average Bonchev–Trinajstić information content (AvgIpc) is 2.59. The molecule has 1 aromatic carbocycles. The van der Waals surface area contributed by atoms with E-state index in [0.717, 1.165) is 36.8 Å². The third kappa shape index (κ3) is 4.81. The minimum Gasteiger partial charge on any atom is -0.396 e. The van der Waals surface area contributed by atoms with E-state index in [2.05, 4.69) is 10.6 Å². The lowest BCUT2D eigenvalue weighted by molar-refractivity contribution is -0.137. The minimum absolute atomic E-state index is 0.0139. The van der Waals surface area contributed by atoms with Crippen LogP contribution < -0.4 is 10.6 Å². The highest BCUT2D eigenvalue weighted by molar-refractivity contribution is 6.39. The molecule has 5 nitrogen and oxygen atoms in total. The largest absolute Gasteiger partial charge is 0.396 e. The van der Waals surface area contributed by atoms with E-state index in [9.17, 15) is 14.7 Å². The van der Waals surface area contributed by atoms with Gasteiger partial charge in [0, 0.05) is 18.3 Å². The zero-order chi connectivity index (χ0) is 17.5. The van der Waals surface area contributed by atoms with Crippen LogP contribution in [-0.2, 0) is 9.59 Å². The van der Waals surface area contributed by atoms with Gasteiger partial charge in [0.25, 0.3) is 0 Å². The molecule has 0 aromatic heterocycles. The second-order valence-electron chi connectivity index (χ2n) is 6.69. The molecule has 24 heavy (non-hydrogen) atoms. The molecule has 1 aromatic rings. The maximum atomic E-state index is 12.3. The van der Waals surface area contributed by atoms with Crippen molar-refractivity contribution in [2.24, 2.45) is 5.92 Å². The summed E-state index contributed by atoms with van der Waals surface area (Å²) in [4.78, 5) is 24.5. The number of benzene rings is 1. The summed E-state index contributed by atoms with van der Waals surface area (Å²) in [5.74, 6) is -0.925. The molecule has 3 N–H and O–H groups in total. The Morgan fingerprint density at radius 3 is 2.54 bits per heavy atom. The number of hydrogen-bond donors (Lipinski definition) is 3. The average molecular weight is 332 g/mol. The number of carbonyl (C=O) groups excluding carboxylic acids is 2. The van der Waals surface area contributed by atoms with E-state index in [1.165, 1.54) is 6.42 Å². The van der Waals surface area contributed by atoms with Gasteiger partial charge < -0.3 is 15.7 Å². The van der Waals surface area contributed by atoms with Crippen LogP contribution in [0.4, 0.5) is 5.69 Å². The Hall–Kier alpha value is -1.88. The van der Waals surface area contributed by atoms with Crippen LogP contribution in [0.3, 0.4) is 0 Å². The standard InChI is InChI=1S/C19H28N2O3/c1-13-7-6-10-16(14(13)2)20-18(23)19(24)21-17(11-12-22)15-8-4-3-5-9-15/h6-7,10,15,17,22H,3-5,8-9,11-12H2,1-2H3,(H,20,23)(H,21,24). The number of aliphatic hydroxyl groups is 1. The van der Waals surface area contributed by atoms with E-state index in [1.807, 2.05) is 26.0 Å². The van der Waals surface area contributed by atoms with Crippen molar-refractivity contribution in [1.29, 1.82) is 0 Å². The van der Waals surface area contributed by atoms with Gasteiger partial charge in [-0.1, -0.05) is 31.4 Å². The number of aryl methyl sites for hydroxylation is 1. The van der Waals surface area contributed by atoms with Crippen LogP contribution >= 0.6 is 0 Å². The maximum absolute atomic E-state index is 12.3. The van der Waals surface area contributed by atoms with Crippen LogP contribution in [0.2, 0.25) is 0 Å². The van der Waals surface area contributed by atoms with E-state index in [1.54, 1.807) is 6.07 Å². The third-order valence-corrected chi connectivity index (χ3v) is 5.03. The fourth-order valence-corrected chi connectivity index (χ4v) is 3.40. The van der Waals surface area contributed by atoms with Gasteiger partial charge in [-0.05, 0) is 56.2 Å². The SMILES string of the molecule is Cc1cccc(NC(=O)C(=O)NC(CCO)C2CCCCC2)c1C. The Balaban J connectivity index is 1.98. The third-order valence-electron chi connectivity index (χ3n) is 5.03. The van der Waals surface area contributed by atoms with E-state index in [4.69, 9.17) is 0 Å². The topological polar surface area (TPSA) is 78.4 Å². The summed E-state index contributed by atoms with van der Waals surface area (Å²) < 4.78 is 0. The van der Waals surface area contributed by atoms with E-state index < -0.39 is 11.8 Å². The summed E-state index contributed by atoms with van der Waals surface area (Å²) in [5.41, 5.74) is 2.68. The van der Waals surface area contributed by atoms with Gasteiger partial charge in [-0.3, -0.25) is 9.59 Å². The van der Waals surface area contributed by atoms with Gasteiger partial charge in [0.1, 0.15) is 0 Å². The second-order valence-corrected chi connectivity index (χ2v) is 6.69. The first-order chi connectivity index (χ1) is 11.5. The molecule has 1 aliphatic rings. The van der Waals surface area contributed by atoms with Gasteiger partial charge in [-0.2, -0.15) is 0 Å². The van der Waals surface area contributed by atoms with Crippen LogP contribution in [0.25, 0.3) is 0 Å². The van der Waals surface area contributed by atoms with Crippen molar-refractivity contribution in [2.75, 3.05) is 11.9 Å². The van der Waals surface area contributed by atoms with Gasteiger partial charge >= 0.3 is 11.8 Å². The number of hydrogen-bond acceptors (Lipinski definition) is 3. The predicted octanol–water partition coefficient (Wildman–Crippen LogP) is 2.69. The van der Waals surface area contributed by atoms with Crippen molar-refractivity contribution in [3.05, 3.63) is 29.3 Å². The molecule has 1 aliphatic carbocycles. The van der Waals surface area contributed by atoms with Crippen LogP contribution in [-0.4, -0.2) is 29.6 Å². The van der Waals surface area contributed by atoms with Gasteiger partial charge in [0.15, 0.2) is 0 Å². The van der Waals surface area contributed by atoms with E-state index in [0.29, 0.717) is 18.0 Å². The Morgan fingerprint density at radius 1 is 1.17 bits per heavy atom. The fourth-order valence-electron chi connectivity index (χ4n) is 3.40. The summed E-state index contributed by atoms with van der Waals surface area (Å²) in [6.45, 7) is 3.89. The molecule has 0 spiro atoms. The predicted molar refractivity (Wildman–Crippen MR) is 94.8 cm³/mol. The molecule has 1 unspecified atom stereocenters. The number of nitrogens with one attached hydrogen (secondary N) is 2. The zero-order valence-electron chi connectivity index (χ0n) is 14.6. The number of anilines is 1. The summed E-state index contributed by atoms with van der Waals surface area (Å²) in [7, 11) is 0. The molecular formula is C19H28N2O3. The Bertz CT molecular complexity index is 580. The molecule has 2 rings (SSSR count). The molecule has 1 saturated carbocycles. The summed E-state index contributed by atoms with van der Waals surface area (Å²) >= 11 is 0. The maximum Gasteiger partial charge on any atom is 0.313 e. The van der Waals surface area contributed by atoms with Crippen molar-refractivity contribution in [1.82, 2.24) is 5.32 Å². The summed E-state index contributed by atoms with van der Waals surface area (Å²) in [6.07, 6.45) is 6.11. The monoisotopic (exact) mass is 332 g/mol. The van der Waals surface area contributed by atoms with Crippen molar-refractivity contribution in [2.45, 2.75) is 58.4 Å². The molecule has 5 heteroatoms. The fraction of sp³-hybridized carbons (Fsp3) is 0.579. The van der Waals surface area contributed by atoms with Gasteiger partial charge in [0.05, 0.1) is 0 Å². The highest BCUT2D eigenvalue weighted by Crippen LogP contribution is 2.27. The Morgan fingerprint density at radius 2 is 1.88 bits per heavy atom. The summed E-state index contributed by atoms with van der Waals surface area (Å²) in [6, 6.07) is 5.48. The normalized spacial score (nSPS) is 16.5. The molecule has 0 saturated heterocycles. The lowest BCUT2D eigenvalue weighted by Gasteiger charge is -2.30. The minimum atomic E-state index is -0.651. The molecule has 0 heterocycles. The Labute approximate surface area is 143 Å². The second kappa shape index (κ2) is 8.83. The number of amides is 2. The van der Waals surface area contributed by atoms with Gasteiger partial charge in [-0.15, -0.1) is 0 Å². The number of rotatable bonds is 5. The van der Waals surface area contributed by atoms with Crippen LogP contribution in [0.5, 0.6) is 0 Å². The van der Waals surface area contributed by atoms with Crippen molar-refractivity contribution in [3.8, 4) is 0 Å². The first-order valence-corrected chi connectivity index (χ1v) is 8.82. The van der Waals surface area contributed by atoms with Crippen LogP contribution in [0.15, 0.2) is 18.2 Å². The highest BCUT2D eigenvalue weighted by atomic mass is 16.3. The molecule has 0 radical (unpaired) electrons. The van der Waals surface area contributed by atoms with Gasteiger partial charge in [0.2, 0.25) is 0 Å². The quantitative estimate of drug-likeness (QED) is 0.725. The van der Waals surface area contributed by atoms with E-state index in [-0.39, 0.29) is 12.6 Å². The molecule has 132 valence electrons. The first kappa shape index (κ1) is 18.5.